The van der Waals surface area contributed by atoms with Crippen molar-refractivity contribution in [2.75, 3.05) is 38.2 Å². The zero-order chi connectivity index (χ0) is 16.8. The van der Waals surface area contributed by atoms with Gasteiger partial charge in [-0.3, -0.25) is 4.90 Å². The fraction of sp³-hybridized carbons (Fsp3) is 0.429. The summed E-state index contributed by atoms with van der Waals surface area (Å²) in [5.74, 6) is 0.975. The SMILES string of the molecule is COc1ccccc1N1CCN([C@@H](C)CCc2ccccc2)CC1. The van der Waals surface area contributed by atoms with Crippen molar-refractivity contribution in [3.05, 3.63) is 60.2 Å². The Morgan fingerprint density at radius 1 is 0.917 bits per heavy atom. The van der Waals surface area contributed by atoms with Gasteiger partial charge in [0, 0.05) is 32.2 Å². The average molecular weight is 324 g/mol. The van der Waals surface area contributed by atoms with Crippen LogP contribution in [0.5, 0.6) is 5.75 Å². The molecule has 3 heteroatoms. The Kier molecular flexibility index (Phi) is 5.76. The molecule has 1 fully saturated rings. The molecular formula is C21H28N2O. The zero-order valence-electron chi connectivity index (χ0n) is 14.8. The summed E-state index contributed by atoms with van der Waals surface area (Å²) in [6.07, 6.45) is 2.38. The van der Waals surface area contributed by atoms with Gasteiger partial charge in [0.2, 0.25) is 0 Å². The topological polar surface area (TPSA) is 15.7 Å². The maximum absolute atomic E-state index is 5.51. The zero-order valence-corrected chi connectivity index (χ0v) is 14.8. The van der Waals surface area contributed by atoms with Gasteiger partial charge in [0.1, 0.15) is 5.75 Å². The largest absolute Gasteiger partial charge is 0.495 e. The van der Waals surface area contributed by atoms with Gasteiger partial charge < -0.3 is 9.64 Å². The Hall–Kier alpha value is -2.00. The van der Waals surface area contributed by atoms with Crippen LogP contribution in [0.25, 0.3) is 0 Å². The highest BCUT2D eigenvalue weighted by Gasteiger charge is 2.22. The number of piperazine rings is 1. The molecule has 1 aliphatic rings. The van der Waals surface area contributed by atoms with Gasteiger partial charge in [0.05, 0.1) is 12.8 Å². The van der Waals surface area contributed by atoms with Gasteiger partial charge in [-0.2, -0.15) is 0 Å². The number of methoxy groups -OCH3 is 1. The van der Waals surface area contributed by atoms with Gasteiger partial charge in [0.25, 0.3) is 0 Å². The minimum absolute atomic E-state index is 0.630. The molecule has 1 saturated heterocycles. The minimum atomic E-state index is 0.630. The lowest BCUT2D eigenvalue weighted by molar-refractivity contribution is 0.188. The van der Waals surface area contributed by atoms with Gasteiger partial charge in [0.15, 0.2) is 0 Å². The van der Waals surface area contributed by atoms with Crippen LogP contribution in [-0.4, -0.2) is 44.2 Å². The first kappa shape index (κ1) is 16.8. The molecule has 1 aliphatic heterocycles. The maximum Gasteiger partial charge on any atom is 0.142 e. The quantitative estimate of drug-likeness (QED) is 0.803. The van der Waals surface area contributed by atoms with Crippen LogP contribution in [0, 0.1) is 0 Å². The van der Waals surface area contributed by atoms with Gasteiger partial charge in [-0.15, -0.1) is 0 Å². The van der Waals surface area contributed by atoms with Crippen LogP contribution in [0.2, 0.25) is 0 Å². The van der Waals surface area contributed by atoms with E-state index in [1.165, 1.54) is 17.7 Å². The van der Waals surface area contributed by atoms with Crippen molar-refractivity contribution in [1.29, 1.82) is 0 Å². The van der Waals surface area contributed by atoms with Crippen LogP contribution in [0.4, 0.5) is 5.69 Å². The molecule has 0 radical (unpaired) electrons. The van der Waals surface area contributed by atoms with Crippen molar-refractivity contribution in [2.24, 2.45) is 0 Å². The van der Waals surface area contributed by atoms with E-state index in [2.05, 4.69) is 59.2 Å². The van der Waals surface area contributed by atoms with E-state index in [1.807, 2.05) is 12.1 Å². The fourth-order valence-electron chi connectivity index (χ4n) is 3.50. The second-order valence-corrected chi connectivity index (χ2v) is 6.57. The molecule has 0 saturated carbocycles. The maximum atomic E-state index is 5.51. The standard InChI is InChI=1S/C21H28N2O/c1-18(12-13-19-8-4-3-5-9-19)22-14-16-23(17-15-22)20-10-6-7-11-21(20)24-2/h3-11,18H,12-17H2,1-2H3/t18-/m0/s1. The molecular weight excluding hydrogens is 296 g/mol. The molecule has 0 aliphatic carbocycles. The van der Waals surface area contributed by atoms with E-state index in [4.69, 9.17) is 4.74 Å². The first-order valence-corrected chi connectivity index (χ1v) is 8.94. The molecule has 128 valence electrons. The lowest BCUT2D eigenvalue weighted by atomic mass is 10.0. The van der Waals surface area contributed by atoms with Gasteiger partial charge in [-0.1, -0.05) is 42.5 Å². The van der Waals surface area contributed by atoms with Gasteiger partial charge in [-0.05, 0) is 37.5 Å². The Balaban J connectivity index is 1.51. The summed E-state index contributed by atoms with van der Waals surface area (Å²) in [5, 5.41) is 0. The number of hydrogen-bond acceptors (Lipinski definition) is 3. The Bertz CT molecular complexity index is 621. The normalized spacial score (nSPS) is 16.8. The monoisotopic (exact) mass is 324 g/mol. The minimum Gasteiger partial charge on any atom is -0.495 e. The molecule has 0 amide bonds. The van der Waals surface area contributed by atoms with Gasteiger partial charge >= 0.3 is 0 Å². The number of ether oxygens (including phenoxy) is 1. The number of para-hydroxylation sites is 2. The Morgan fingerprint density at radius 2 is 1.58 bits per heavy atom. The van der Waals surface area contributed by atoms with E-state index >= 15 is 0 Å². The van der Waals surface area contributed by atoms with Crippen LogP contribution in [0.3, 0.4) is 0 Å². The van der Waals surface area contributed by atoms with Crippen molar-refractivity contribution in [3.8, 4) is 5.75 Å². The van der Waals surface area contributed by atoms with E-state index in [0.29, 0.717) is 6.04 Å². The van der Waals surface area contributed by atoms with Crippen molar-refractivity contribution in [3.63, 3.8) is 0 Å². The third-order valence-electron chi connectivity index (χ3n) is 5.06. The second kappa shape index (κ2) is 8.20. The number of anilines is 1. The molecule has 3 nitrogen and oxygen atoms in total. The fourth-order valence-corrected chi connectivity index (χ4v) is 3.50. The van der Waals surface area contributed by atoms with Crippen molar-refractivity contribution in [2.45, 2.75) is 25.8 Å². The molecule has 24 heavy (non-hydrogen) atoms. The van der Waals surface area contributed by atoms with E-state index in [-0.39, 0.29) is 0 Å². The third kappa shape index (κ3) is 4.09. The Labute approximate surface area is 145 Å². The molecule has 2 aromatic rings. The van der Waals surface area contributed by atoms with Crippen LogP contribution in [0.15, 0.2) is 54.6 Å². The molecule has 0 spiro atoms. The van der Waals surface area contributed by atoms with Crippen LogP contribution < -0.4 is 9.64 Å². The number of rotatable bonds is 6. The number of aryl methyl sites for hydroxylation is 1. The van der Waals surface area contributed by atoms with E-state index in [1.54, 1.807) is 7.11 Å². The summed E-state index contributed by atoms with van der Waals surface area (Å²) in [6.45, 7) is 6.73. The number of benzene rings is 2. The summed E-state index contributed by atoms with van der Waals surface area (Å²) < 4.78 is 5.51. The van der Waals surface area contributed by atoms with Gasteiger partial charge in [-0.25, -0.2) is 0 Å². The first-order chi connectivity index (χ1) is 11.8. The summed E-state index contributed by atoms with van der Waals surface area (Å²) in [5.41, 5.74) is 2.66. The second-order valence-electron chi connectivity index (χ2n) is 6.57. The average Bonchev–Trinajstić information content (AvgIpc) is 2.67. The lowest BCUT2D eigenvalue weighted by Crippen LogP contribution is -2.49. The predicted molar refractivity (Wildman–Crippen MR) is 101 cm³/mol. The summed E-state index contributed by atoms with van der Waals surface area (Å²) in [4.78, 5) is 5.06. The smallest absolute Gasteiger partial charge is 0.142 e. The summed E-state index contributed by atoms with van der Waals surface area (Å²) in [7, 11) is 1.75. The lowest BCUT2D eigenvalue weighted by Gasteiger charge is -2.39. The van der Waals surface area contributed by atoms with Crippen LogP contribution >= 0.6 is 0 Å². The molecule has 1 heterocycles. The molecule has 2 aromatic carbocycles. The highest BCUT2D eigenvalue weighted by atomic mass is 16.5. The Morgan fingerprint density at radius 3 is 2.29 bits per heavy atom. The number of hydrogen-bond donors (Lipinski definition) is 0. The highest BCUT2D eigenvalue weighted by molar-refractivity contribution is 5.58. The predicted octanol–water partition coefficient (Wildman–Crippen LogP) is 3.84. The molecule has 0 bridgehead atoms. The van der Waals surface area contributed by atoms with Crippen molar-refractivity contribution < 1.29 is 4.74 Å². The van der Waals surface area contributed by atoms with Crippen molar-refractivity contribution >= 4 is 5.69 Å². The van der Waals surface area contributed by atoms with Crippen LogP contribution in [-0.2, 0) is 6.42 Å². The molecule has 1 atom stereocenters. The van der Waals surface area contributed by atoms with E-state index in [0.717, 1.165) is 38.3 Å². The molecule has 3 rings (SSSR count). The summed E-state index contributed by atoms with van der Waals surface area (Å²) in [6, 6.07) is 19.8. The highest BCUT2D eigenvalue weighted by Crippen LogP contribution is 2.28. The van der Waals surface area contributed by atoms with E-state index in [9.17, 15) is 0 Å². The number of nitrogens with zero attached hydrogens (tertiary/aromatic N) is 2. The van der Waals surface area contributed by atoms with E-state index < -0.39 is 0 Å². The third-order valence-corrected chi connectivity index (χ3v) is 5.06. The first-order valence-electron chi connectivity index (χ1n) is 8.94. The summed E-state index contributed by atoms with van der Waals surface area (Å²) >= 11 is 0. The van der Waals surface area contributed by atoms with Crippen molar-refractivity contribution in [1.82, 2.24) is 4.90 Å². The van der Waals surface area contributed by atoms with Crippen LogP contribution in [0.1, 0.15) is 18.9 Å². The molecule has 0 aromatic heterocycles. The molecule has 0 unspecified atom stereocenters. The molecule has 0 N–H and O–H groups in total.